The Kier molecular flexibility index (Phi) is 4.04. The van der Waals surface area contributed by atoms with E-state index in [2.05, 4.69) is 5.10 Å². The highest BCUT2D eigenvalue weighted by Gasteiger charge is 2.17. The predicted molar refractivity (Wildman–Crippen MR) is 88.6 cm³/mol. The second-order valence-electron chi connectivity index (χ2n) is 5.02. The van der Waals surface area contributed by atoms with Gasteiger partial charge >= 0.3 is 0 Å². The number of para-hydroxylation sites is 2. The van der Waals surface area contributed by atoms with Crippen molar-refractivity contribution >= 4 is 11.4 Å². The quantitative estimate of drug-likeness (QED) is 0.532. The Hall–Kier alpha value is -3.88. The van der Waals surface area contributed by atoms with E-state index in [0.717, 1.165) is 4.68 Å². The fourth-order valence-electron chi connectivity index (χ4n) is 2.31. The zero-order valence-electron chi connectivity index (χ0n) is 12.6. The highest BCUT2D eigenvalue weighted by atomic mass is 16.6. The molecule has 0 aliphatic heterocycles. The minimum Gasteiger partial charge on any atom is -0.267 e. The van der Waals surface area contributed by atoms with Crippen molar-refractivity contribution in [1.82, 2.24) is 9.78 Å². The Morgan fingerprint density at radius 1 is 0.880 bits per heavy atom. The fourth-order valence-corrected chi connectivity index (χ4v) is 2.31. The molecule has 0 unspecified atom stereocenters. The third kappa shape index (κ3) is 3.11. The maximum absolute atomic E-state index is 12.1. The summed E-state index contributed by atoms with van der Waals surface area (Å²) in [5.41, 5.74) is -0.229. The first-order valence-corrected chi connectivity index (χ1v) is 7.06. The summed E-state index contributed by atoms with van der Waals surface area (Å²) in [6.07, 6.45) is 0. The van der Waals surface area contributed by atoms with Gasteiger partial charge in [0.2, 0.25) is 0 Å². The van der Waals surface area contributed by atoms with Gasteiger partial charge in [0, 0.05) is 29.8 Å². The summed E-state index contributed by atoms with van der Waals surface area (Å²) in [5.74, 6) is 0. The van der Waals surface area contributed by atoms with Crippen LogP contribution in [0, 0.1) is 20.2 Å². The topological polar surface area (TPSA) is 121 Å². The van der Waals surface area contributed by atoms with Gasteiger partial charge in [-0.25, -0.2) is 0 Å². The van der Waals surface area contributed by atoms with Gasteiger partial charge in [0.05, 0.1) is 15.5 Å². The molecule has 0 saturated heterocycles. The third-order valence-electron chi connectivity index (χ3n) is 3.46. The zero-order chi connectivity index (χ0) is 18.0. The molecule has 1 aromatic heterocycles. The smallest absolute Gasteiger partial charge is 0.267 e. The van der Waals surface area contributed by atoms with E-state index >= 15 is 0 Å². The molecule has 2 aromatic carbocycles. The lowest BCUT2D eigenvalue weighted by molar-refractivity contribution is -0.384. The Morgan fingerprint density at radius 3 is 2.36 bits per heavy atom. The highest BCUT2D eigenvalue weighted by Crippen LogP contribution is 2.24. The van der Waals surface area contributed by atoms with Gasteiger partial charge in [-0.05, 0) is 12.1 Å². The molecule has 3 rings (SSSR count). The zero-order valence-corrected chi connectivity index (χ0v) is 12.6. The van der Waals surface area contributed by atoms with Crippen LogP contribution in [0.25, 0.3) is 16.9 Å². The Morgan fingerprint density at radius 2 is 1.64 bits per heavy atom. The molecule has 3 aromatic rings. The van der Waals surface area contributed by atoms with Crippen LogP contribution in [0.1, 0.15) is 0 Å². The molecule has 25 heavy (non-hydrogen) atoms. The maximum atomic E-state index is 12.1. The van der Waals surface area contributed by atoms with Gasteiger partial charge in [0.1, 0.15) is 5.69 Å². The van der Waals surface area contributed by atoms with E-state index in [4.69, 9.17) is 0 Å². The maximum Gasteiger partial charge on any atom is 0.295 e. The van der Waals surface area contributed by atoms with Crippen LogP contribution < -0.4 is 5.56 Å². The normalized spacial score (nSPS) is 10.4. The first-order valence-electron chi connectivity index (χ1n) is 7.06. The molecule has 0 N–H and O–H groups in total. The molecule has 0 radical (unpaired) electrons. The molecule has 0 atom stereocenters. The molecule has 0 aliphatic carbocycles. The van der Waals surface area contributed by atoms with Crippen LogP contribution in [0.3, 0.4) is 0 Å². The number of benzene rings is 2. The number of nitrogens with zero attached hydrogens (tertiary/aromatic N) is 4. The van der Waals surface area contributed by atoms with Crippen molar-refractivity contribution in [2.24, 2.45) is 0 Å². The molecule has 0 saturated carbocycles. The summed E-state index contributed by atoms with van der Waals surface area (Å²) < 4.78 is 0.909. The number of non-ortho nitro benzene ring substituents is 1. The summed E-state index contributed by atoms with van der Waals surface area (Å²) in [5, 5.41) is 26.2. The van der Waals surface area contributed by atoms with Crippen molar-refractivity contribution in [2.45, 2.75) is 0 Å². The van der Waals surface area contributed by atoms with E-state index in [1.807, 2.05) is 0 Å². The Balaban J connectivity index is 2.18. The summed E-state index contributed by atoms with van der Waals surface area (Å²) in [6, 6.07) is 14.1. The molecule has 0 fully saturated rings. The van der Waals surface area contributed by atoms with Crippen molar-refractivity contribution in [3.05, 3.63) is 91.2 Å². The van der Waals surface area contributed by atoms with Crippen LogP contribution in [0.2, 0.25) is 0 Å². The molecule has 124 valence electrons. The van der Waals surface area contributed by atoms with Crippen molar-refractivity contribution in [2.75, 3.05) is 0 Å². The van der Waals surface area contributed by atoms with Crippen molar-refractivity contribution in [3.63, 3.8) is 0 Å². The van der Waals surface area contributed by atoms with E-state index in [1.165, 1.54) is 48.5 Å². The van der Waals surface area contributed by atoms with E-state index in [0.29, 0.717) is 5.56 Å². The molecule has 0 amide bonds. The number of nitro groups is 2. The number of rotatable bonds is 4. The number of hydrogen-bond donors (Lipinski definition) is 0. The van der Waals surface area contributed by atoms with Crippen molar-refractivity contribution in [1.29, 1.82) is 0 Å². The summed E-state index contributed by atoms with van der Waals surface area (Å²) in [7, 11) is 0. The molecule has 9 heteroatoms. The number of nitro benzene ring substituents is 2. The van der Waals surface area contributed by atoms with Gasteiger partial charge in [-0.1, -0.05) is 24.3 Å². The molecule has 1 heterocycles. The van der Waals surface area contributed by atoms with Gasteiger partial charge in [0.15, 0.2) is 0 Å². The first-order chi connectivity index (χ1) is 12.0. The van der Waals surface area contributed by atoms with E-state index in [1.54, 1.807) is 12.1 Å². The standard InChI is InChI=1S/C16H10N4O5/c21-16-9-8-13(11-4-3-5-12(10-11)19(22)23)17-18(16)14-6-1-2-7-15(14)20(24)25/h1-10H. The van der Waals surface area contributed by atoms with Gasteiger partial charge < -0.3 is 0 Å². The predicted octanol–water partition coefficient (Wildman–Crippen LogP) is 2.72. The first kappa shape index (κ1) is 16.0. The number of aromatic nitrogens is 2. The number of hydrogen-bond acceptors (Lipinski definition) is 6. The van der Waals surface area contributed by atoms with E-state index < -0.39 is 15.4 Å². The van der Waals surface area contributed by atoms with Crippen LogP contribution in [-0.2, 0) is 0 Å². The lowest BCUT2D eigenvalue weighted by Crippen LogP contribution is -2.21. The Labute approximate surface area is 140 Å². The molecule has 9 nitrogen and oxygen atoms in total. The van der Waals surface area contributed by atoms with Crippen LogP contribution in [-0.4, -0.2) is 19.6 Å². The van der Waals surface area contributed by atoms with Gasteiger partial charge in [-0.15, -0.1) is 0 Å². The second kappa shape index (κ2) is 6.32. The molecular weight excluding hydrogens is 328 g/mol. The SMILES string of the molecule is O=c1ccc(-c2cccc([N+](=O)[O-])c2)nn1-c1ccccc1[N+](=O)[O-]. The average Bonchev–Trinajstić information content (AvgIpc) is 2.62. The highest BCUT2D eigenvalue weighted by molar-refractivity contribution is 5.62. The fraction of sp³-hybridized carbons (Fsp3) is 0. The van der Waals surface area contributed by atoms with Crippen LogP contribution in [0.15, 0.2) is 65.5 Å². The monoisotopic (exact) mass is 338 g/mol. The Bertz CT molecular complexity index is 1040. The second-order valence-corrected chi connectivity index (χ2v) is 5.02. The van der Waals surface area contributed by atoms with Gasteiger partial charge in [0.25, 0.3) is 16.9 Å². The molecule has 0 bridgehead atoms. The van der Waals surface area contributed by atoms with Gasteiger partial charge in [-0.3, -0.25) is 25.0 Å². The average molecular weight is 338 g/mol. The summed E-state index contributed by atoms with van der Waals surface area (Å²) >= 11 is 0. The summed E-state index contributed by atoms with van der Waals surface area (Å²) in [6.45, 7) is 0. The third-order valence-corrected chi connectivity index (χ3v) is 3.46. The minimum atomic E-state index is -0.608. The molecule has 0 spiro atoms. The largest absolute Gasteiger partial charge is 0.295 e. The molecule has 0 aliphatic rings. The van der Waals surface area contributed by atoms with Crippen LogP contribution in [0.5, 0.6) is 0 Å². The lowest BCUT2D eigenvalue weighted by Gasteiger charge is -2.07. The molecular formula is C16H10N4O5. The van der Waals surface area contributed by atoms with Gasteiger partial charge in [-0.2, -0.15) is 9.78 Å². The van der Waals surface area contributed by atoms with Crippen molar-refractivity contribution in [3.8, 4) is 16.9 Å². The minimum absolute atomic E-state index is 0.0183. The van der Waals surface area contributed by atoms with E-state index in [-0.39, 0.29) is 22.8 Å². The summed E-state index contributed by atoms with van der Waals surface area (Å²) in [4.78, 5) is 33.0. The van der Waals surface area contributed by atoms with Crippen molar-refractivity contribution < 1.29 is 9.85 Å². The lowest BCUT2D eigenvalue weighted by atomic mass is 10.1. The van der Waals surface area contributed by atoms with Crippen LogP contribution >= 0.6 is 0 Å². The van der Waals surface area contributed by atoms with Crippen LogP contribution in [0.4, 0.5) is 11.4 Å². The van der Waals surface area contributed by atoms with E-state index in [9.17, 15) is 25.0 Å².